The molecular formula is C24H26O7. The van der Waals surface area contributed by atoms with Crippen molar-refractivity contribution < 1.29 is 34.0 Å². The summed E-state index contributed by atoms with van der Waals surface area (Å²) in [6.07, 6.45) is 4.07. The monoisotopic (exact) mass is 426 g/mol. The minimum absolute atomic E-state index is 0.0729. The molecule has 0 atom stereocenters. The van der Waals surface area contributed by atoms with Gasteiger partial charge in [0.1, 0.15) is 11.5 Å². The highest BCUT2D eigenvalue weighted by Crippen LogP contribution is 2.30. The van der Waals surface area contributed by atoms with Crippen LogP contribution in [0, 0.1) is 0 Å². The summed E-state index contributed by atoms with van der Waals surface area (Å²) in [7, 11) is 6.05. The molecule has 0 fully saturated rings. The maximum atomic E-state index is 12.5. The van der Waals surface area contributed by atoms with Crippen LogP contribution in [0.4, 0.5) is 0 Å². The molecule has 2 rings (SSSR count). The first-order valence-corrected chi connectivity index (χ1v) is 9.31. The van der Waals surface area contributed by atoms with E-state index < -0.39 is 5.78 Å². The van der Waals surface area contributed by atoms with Gasteiger partial charge in [0.25, 0.3) is 0 Å². The van der Waals surface area contributed by atoms with Crippen molar-refractivity contribution >= 4 is 17.6 Å². The topological polar surface area (TPSA) is 94.5 Å². The van der Waals surface area contributed by atoms with E-state index in [-0.39, 0.29) is 17.1 Å². The van der Waals surface area contributed by atoms with Crippen molar-refractivity contribution in [3.63, 3.8) is 0 Å². The number of aliphatic hydroxyl groups excluding tert-OH is 2. The molecule has 0 saturated carbocycles. The van der Waals surface area contributed by atoms with Gasteiger partial charge in [-0.3, -0.25) is 4.79 Å². The van der Waals surface area contributed by atoms with Crippen LogP contribution in [0.2, 0.25) is 0 Å². The SMILES string of the molecule is COc1ccc(/C=C/C(O)=C(\C)C(=O)/C=C(\O)c2ccc(OC)c(OC)c2)cc1OC. The first kappa shape index (κ1) is 23.4. The van der Waals surface area contributed by atoms with E-state index in [1.807, 2.05) is 0 Å². The van der Waals surface area contributed by atoms with Crippen molar-refractivity contribution in [2.24, 2.45) is 0 Å². The third kappa shape index (κ3) is 5.82. The number of carbonyl (C=O) groups is 1. The number of ether oxygens (including phenoxy) is 4. The highest BCUT2D eigenvalue weighted by Gasteiger charge is 2.12. The van der Waals surface area contributed by atoms with Crippen LogP contribution in [0.5, 0.6) is 23.0 Å². The van der Waals surface area contributed by atoms with Gasteiger partial charge >= 0.3 is 0 Å². The van der Waals surface area contributed by atoms with E-state index in [0.29, 0.717) is 28.6 Å². The second-order valence-corrected chi connectivity index (χ2v) is 6.42. The van der Waals surface area contributed by atoms with Gasteiger partial charge in [0.05, 0.1) is 28.4 Å². The molecule has 0 aliphatic rings. The molecule has 164 valence electrons. The van der Waals surface area contributed by atoms with Crippen LogP contribution >= 0.6 is 0 Å². The lowest BCUT2D eigenvalue weighted by Crippen LogP contribution is -2.00. The second kappa shape index (κ2) is 10.8. The minimum Gasteiger partial charge on any atom is -0.508 e. The van der Waals surface area contributed by atoms with E-state index >= 15 is 0 Å². The predicted molar refractivity (Wildman–Crippen MR) is 119 cm³/mol. The Balaban J connectivity index is 2.23. The van der Waals surface area contributed by atoms with Crippen molar-refractivity contribution in [1.29, 1.82) is 0 Å². The van der Waals surface area contributed by atoms with E-state index in [1.54, 1.807) is 49.6 Å². The summed E-state index contributed by atoms with van der Waals surface area (Å²) in [4.78, 5) is 12.5. The van der Waals surface area contributed by atoms with E-state index in [2.05, 4.69) is 0 Å². The minimum atomic E-state index is -0.540. The summed E-state index contributed by atoms with van der Waals surface area (Å²) in [5.41, 5.74) is 1.19. The summed E-state index contributed by atoms with van der Waals surface area (Å²) >= 11 is 0. The number of rotatable bonds is 9. The Labute approximate surface area is 181 Å². The third-order valence-electron chi connectivity index (χ3n) is 4.54. The van der Waals surface area contributed by atoms with Crippen LogP contribution < -0.4 is 18.9 Å². The number of hydrogen-bond donors (Lipinski definition) is 2. The van der Waals surface area contributed by atoms with E-state index in [4.69, 9.17) is 18.9 Å². The largest absolute Gasteiger partial charge is 0.508 e. The van der Waals surface area contributed by atoms with Gasteiger partial charge in [0.15, 0.2) is 28.8 Å². The molecule has 0 amide bonds. The maximum absolute atomic E-state index is 12.5. The zero-order valence-electron chi connectivity index (χ0n) is 18.1. The summed E-state index contributed by atoms with van der Waals surface area (Å²) in [6.45, 7) is 1.47. The fourth-order valence-corrected chi connectivity index (χ4v) is 2.69. The number of hydrogen-bond acceptors (Lipinski definition) is 7. The van der Waals surface area contributed by atoms with Gasteiger partial charge in [0.2, 0.25) is 0 Å². The number of carbonyl (C=O) groups excluding carboxylic acids is 1. The Morgan fingerprint density at radius 3 is 1.94 bits per heavy atom. The molecule has 31 heavy (non-hydrogen) atoms. The van der Waals surface area contributed by atoms with Crippen molar-refractivity contribution in [3.05, 3.63) is 71.0 Å². The van der Waals surface area contributed by atoms with Gasteiger partial charge < -0.3 is 29.2 Å². The molecule has 0 aromatic heterocycles. The average molecular weight is 426 g/mol. The van der Waals surface area contributed by atoms with Gasteiger partial charge in [-0.05, 0) is 48.9 Å². The Kier molecular flexibility index (Phi) is 8.14. The number of methoxy groups -OCH3 is 4. The normalized spacial score (nSPS) is 12.4. The fourth-order valence-electron chi connectivity index (χ4n) is 2.69. The summed E-state index contributed by atoms with van der Waals surface area (Å²) in [5.74, 6) is 1.02. The Morgan fingerprint density at radius 1 is 0.806 bits per heavy atom. The lowest BCUT2D eigenvalue weighted by atomic mass is 10.1. The number of ketones is 1. The molecule has 2 N–H and O–H groups in total. The number of aliphatic hydroxyl groups is 2. The molecule has 0 spiro atoms. The van der Waals surface area contributed by atoms with Gasteiger partial charge in [-0.25, -0.2) is 0 Å². The molecule has 7 nitrogen and oxygen atoms in total. The number of benzene rings is 2. The molecule has 0 bridgehead atoms. The van der Waals surface area contributed by atoms with Gasteiger partial charge in [-0.1, -0.05) is 12.1 Å². The van der Waals surface area contributed by atoms with Crippen molar-refractivity contribution in [3.8, 4) is 23.0 Å². The highest BCUT2D eigenvalue weighted by molar-refractivity contribution is 6.07. The Hall–Kier alpha value is -3.87. The molecule has 0 heterocycles. The van der Waals surface area contributed by atoms with Crippen molar-refractivity contribution in [1.82, 2.24) is 0 Å². The molecule has 0 aliphatic carbocycles. The first-order valence-electron chi connectivity index (χ1n) is 9.31. The summed E-state index contributed by atoms with van der Waals surface area (Å²) < 4.78 is 20.8. The Morgan fingerprint density at radius 2 is 1.35 bits per heavy atom. The lowest BCUT2D eigenvalue weighted by Gasteiger charge is -2.09. The molecule has 0 unspecified atom stereocenters. The standard InChI is InChI=1S/C24H26O7/c1-15(18(25)9-6-16-7-10-21(28-2)23(12-16)30-4)19(26)14-20(27)17-8-11-22(29-3)24(13-17)31-5/h6-14,25,27H,1-5H3/b9-6+,18-15-,20-14-. The van der Waals surface area contributed by atoms with Crippen LogP contribution in [0.1, 0.15) is 18.1 Å². The van der Waals surface area contributed by atoms with Crippen molar-refractivity contribution in [2.75, 3.05) is 28.4 Å². The van der Waals surface area contributed by atoms with Crippen LogP contribution in [-0.4, -0.2) is 44.4 Å². The molecule has 0 aliphatic heterocycles. The van der Waals surface area contributed by atoms with Gasteiger partial charge in [0, 0.05) is 17.2 Å². The fraction of sp³-hybridized carbons (Fsp3) is 0.208. The smallest absolute Gasteiger partial charge is 0.188 e. The van der Waals surface area contributed by atoms with Crippen LogP contribution in [0.25, 0.3) is 11.8 Å². The maximum Gasteiger partial charge on any atom is 0.188 e. The second-order valence-electron chi connectivity index (χ2n) is 6.42. The van der Waals surface area contributed by atoms with Gasteiger partial charge in [-0.2, -0.15) is 0 Å². The molecule has 2 aromatic rings. The zero-order valence-corrected chi connectivity index (χ0v) is 18.1. The molecule has 2 aromatic carbocycles. The molecule has 7 heteroatoms. The lowest BCUT2D eigenvalue weighted by molar-refractivity contribution is -0.111. The van der Waals surface area contributed by atoms with Crippen LogP contribution in [0.3, 0.4) is 0 Å². The highest BCUT2D eigenvalue weighted by atomic mass is 16.5. The number of allylic oxidation sites excluding steroid dienone is 3. The van der Waals surface area contributed by atoms with E-state index in [0.717, 1.165) is 11.6 Å². The molecular weight excluding hydrogens is 400 g/mol. The van der Waals surface area contributed by atoms with Gasteiger partial charge in [-0.15, -0.1) is 0 Å². The van der Waals surface area contributed by atoms with E-state index in [1.165, 1.54) is 34.3 Å². The third-order valence-corrected chi connectivity index (χ3v) is 4.54. The quantitative estimate of drug-likeness (QED) is 0.340. The Bertz CT molecular complexity index is 1030. The molecule has 0 saturated heterocycles. The summed E-state index contributed by atoms with van der Waals surface area (Å²) in [5, 5.41) is 20.6. The summed E-state index contributed by atoms with van der Waals surface area (Å²) in [6, 6.07) is 10.0. The van der Waals surface area contributed by atoms with Crippen LogP contribution in [0.15, 0.2) is 59.9 Å². The van der Waals surface area contributed by atoms with Crippen molar-refractivity contribution in [2.45, 2.75) is 6.92 Å². The van der Waals surface area contributed by atoms with Crippen LogP contribution in [-0.2, 0) is 4.79 Å². The average Bonchev–Trinajstić information content (AvgIpc) is 2.80. The molecule has 0 radical (unpaired) electrons. The predicted octanol–water partition coefficient (Wildman–Crippen LogP) is 4.73. The van der Waals surface area contributed by atoms with E-state index in [9.17, 15) is 15.0 Å². The zero-order chi connectivity index (χ0) is 23.0. The first-order chi connectivity index (χ1) is 14.8.